The molecule has 1 aromatic heterocycles. The quantitative estimate of drug-likeness (QED) is 0.372. The van der Waals surface area contributed by atoms with E-state index in [1.807, 2.05) is 0 Å². The van der Waals surface area contributed by atoms with Crippen molar-refractivity contribution in [2.24, 2.45) is 0 Å². The van der Waals surface area contributed by atoms with Crippen LogP contribution in [0.25, 0.3) is 0 Å². The summed E-state index contributed by atoms with van der Waals surface area (Å²) < 4.78 is 62.8. The van der Waals surface area contributed by atoms with Gasteiger partial charge in [0, 0.05) is 24.8 Å². The number of carbonyl (C=O) groups is 3. The number of rotatable bonds is 12. The number of ether oxygens (including phenoxy) is 2. The molecule has 9 nitrogen and oxygen atoms in total. The fraction of sp³-hybridized carbons (Fsp3) is 0.435. The zero-order valence-corrected chi connectivity index (χ0v) is 21.7. The number of anilines is 2. The summed E-state index contributed by atoms with van der Waals surface area (Å²) >= 11 is 6.85. The Labute approximate surface area is 224 Å². The summed E-state index contributed by atoms with van der Waals surface area (Å²) in [6.45, 7) is -2.53. The van der Waals surface area contributed by atoms with Crippen LogP contribution >= 0.6 is 22.9 Å². The number of thiophene rings is 1. The first-order chi connectivity index (χ1) is 18.1. The highest BCUT2D eigenvalue weighted by Gasteiger charge is 2.29. The summed E-state index contributed by atoms with van der Waals surface area (Å²) in [5.41, 5.74) is 0.0764. The number of nitrogens with one attached hydrogen (secondary N) is 2. The first-order valence-corrected chi connectivity index (χ1v) is 12.6. The summed E-state index contributed by atoms with van der Waals surface area (Å²) in [7, 11) is 0. The monoisotopic (exact) mass is 580 g/mol. The number of nitrogens with zero attached hydrogens (tertiary/aromatic N) is 2. The van der Waals surface area contributed by atoms with Gasteiger partial charge in [-0.05, 0) is 30.8 Å². The second kappa shape index (κ2) is 13.7. The lowest BCUT2D eigenvalue weighted by atomic mass is 10.1. The molecule has 0 aliphatic carbocycles. The number of halogens is 5. The van der Waals surface area contributed by atoms with Crippen LogP contribution in [0.4, 0.5) is 28.9 Å². The molecule has 2 N–H and O–H groups in total. The van der Waals surface area contributed by atoms with Gasteiger partial charge >= 0.3 is 6.61 Å². The van der Waals surface area contributed by atoms with Crippen molar-refractivity contribution < 1.29 is 41.4 Å². The van der Waals surface area contributed by atoms with Gasteiger partial charge in [-0.15, -0.1) is 11.3 Å². The Kier molecular flexibility index (Phi) is 10.7. The highest BCUT2D eigenvalue weighted by molar-refractivity contribution is 7.18. The average molecular weight is 581 g/mol. The first-order valence-electron chi connectivity index (χ1n) is 11.4. The van der Waals surface area contributed by atoms with Gasteiger partial charge in [0.25, 0.3) is 18.2 Å². The second-order valence-corrected chi connectivity index (χ2v) is 9.67. The second-order valence-electron chi connectivity index (χ2n) is 7.95. The maximum atomic E-state index is 13.2. The Hall–Kier alpha value is -2.94. The molecule has 0 radical (unpaired) electrons. The Balaban J connectivity index is 1.83. The first kappa shape index (κ1) is 29.6. The van der Waals surface area contributed by atoms with Crippen LogP contribution in [-0.4, -0.2) is 81.1 Å². The predicted octanol–water partition coefficient (Wildman–Crippen LogP) is 3.69. The summed E-state index contributed by atoms with van der Waals surface area (Å²) in [6.07, 6.45) is -2.78. The maximum absolute atomic E-state index is 13.2. The lowest BCUT2D eigenvalue weighted by molar-refractivity contribution is -0.125. The van der Waals surface area contributed by atoms with E-state index in [9.17, 15) is 31.9 Å². The van der Waals surface area contributed by atoms with Crippen molar-refractivity contribution >= 4 is 52.0 Å². The molecule has 2 aromatic rings. The Morgan fingerprint density at radius 1 is 1.24 bits per heavy atom. The maximum Gasteiger partial charge on any atom is 0.387 e. The third-order valence-electron chi connectivity index (χ3n) is 5.51. The van der Waals surface area contributed by atoms with Crippen molar-refractivity contribution in [3.05, 3.63) is 39.5 Å². The van der Waals surface area contributed by atoms with Crippen LogP contribution in [0.3, 0.4) is 0 Å². The standard InChI is InChI=1S/C23H25ClF4N4O5S/c1-2-31(11-19(25)26)15(10-29-22(35)17-5-6-18(24)38-17)21(34)30-14-4-3-13(9-16(14)37-23(27)28)32-7-8-36-12-20(32)33/h3-6,9,15,19,23H,2,7-8,10-12H2,1H3,(H,29,35)(H,30,34)/t15-/m0/s1. The fourth-order valence-corrected chi connectivity index (χ4v) is 4.70. The third-order valence-corrected chi connectivity index (χ3v) is 6.74. The smallest absolute Gasteiger partial charge is 0.387 e. The molecule has 0 spiro atoms. The van der Waals surface area contributed by atoms with Gasteiger partial charge in [-0.2, -0.15) is 8.78 Å². The number of morpholine rings is 1. The molecule has 0 unspecified atom stereocenters. The van der Waals surface area contributed by atoms with E-state index in [4.69, 9.17) is 16.3 Å². The molecule has 3 amide bonds. The van der Waals surface area contributed by atoms with Crippen LogP contribution in [0.1, 0.15) is 16.6 Å². The van der Waals surface area contributed by atoms with Crippen molar-refractivity contribution in [3.63, 3.8) is 0 Å². The topological polar surface area (TPSA) is 100 Å². The number of alkyl halides is 4. The molecule has 1 atom stereocenters. The van der Waals surface area contributed by atoms with Crippen LogP contribution in [-0.2, 0) is 14.3 Å². The minimum Gasteiger partial charge on any atom is -0.433 e. The van der Waals surface area contributed by atoms with Crippen molar-refractivity contribution in [3.8, 4) is 5.75 Å². The highest BCUT2D eigenvalue weighted by Crippen LogP contribution is 2.32. The molecule has 38 heavy (non-hydrogen) atoms. The zero-order chi connectivity index (χ0) is 27.8. The molecule has 1 aliphatic heterocycles. The number of amides is 3. The van der Waals surface area contributed by atoms with E-state index in [0.29, 0.717) is 4.34 Å². The molecule has 0 saturated carbocycles. The van der Waals surface area contributed by atoms with Gasteiger partial charge in [0.05, 0.1) is 28.1 Å². The summed E-state index contributed by atoms with van der Waals surface area (Å²) in [5.74, 6) is -2.22. The van der Waals surface area contributed by atoms with Crippen molar-refractivity contribution in [2.75, 3.05) is 49.6 Å². The van der Waals surface area contributed by atoms with Gasteiger partial charge in [-0.25, -0.2) is 8.78 Å². The molecule has 1 saturated heterocycles. The highest BCUT2D eigenvalue weighted by atomic mass is 35.5. The van der Waals surface area contributed by atoms with E-state index in [1.54, 1.807) is 6.92 Å². The predicted molar refractivity (Wildman–Crippen MR) is 134 cm³/mol. The largest absolute Gasteiger partial charge is 0.433 e. The Morgan fingerprint density at radius 3 is 2.61 bits per heavy atom. The van der Waals surface area contributed by atoms with Gasteiger partial charge in [-0.1, -0.05) is 18.5 Å². The van der Waals surface area contributed by atoms with E-state index in [1.165, 1.54) is 35.2 Å². The number of hydrogen-bond donors (Lipinski definition) is 2. The van der Waals surface area contributed by atoms with Crippen molar-refractivity contribution in [1.29, 1.82) is 0 Å². The van der Waals surface area contributed by atoms with Crippen molar-refractivity contribution in [1.82, 2.24) is 10.2 Å². The lowest BCUT2D eigenvalue weighted by Crippen LogP contribution is -2.52. The SMILES string of the molecule is CCN(CC(F)F)[C@@H](CNC(=O)c1ccc(Cl)s1)C(=O)Nc1ccc(N2CCOCC2=O)cc1OC(F)F. The van der Waals surface area contributed by atoms with Crippen LogP contribution in [0.15, 0.2) is 30.3 Å². The van der Waals surface area contributed by atoms with E-state index >= 15 is 0 Å². The van der Waals surface area contributed by atoms with E-state index < -0.39 is 43.2 Å². The average Bonchev–Trinajstić information content (AvgIpc) is 3.30. The van der Waals surface area contributed by atoms with E-state index in [-0.39, 0.29) is 55.0 Å². The number of benzene rings is 1. The molecular formula is C23H25ClF4N4O5S. The molecule has 3 rings (SSSR count). The normalized spacial score (nSPS) is 14.8. The minimum atomic E-state index is -3.25. The van der Waals surface area contributed by atoms with E-state index in [2.05, 4.69) is 15.4 Å². The van der Waals surface area contributed by atoms with Gasteiger partial charge in [0.2, 0.25) is 5.91 Å². The van der Waals surface area contributed by atoms with Gasteiger partial charge in [0.15, 0.2) is 5.75 Å². The fourth-order valence-electron chi connectivity index (χ4n) is 3.74. The van der Waals surface area contributed by atoms with Gasteiger partial charge < -0.3 is 25.0 Å². The summed E-state index contributed by atoms with van der Waals surface area (Å²) in [6, 6.07) is 5.56. The van der Waals surface area contributed by atoms with Crippen molar-refractivity contribution in [2.45, 2.75) is 26.0 Å². The van der Waals surface area contributed by atoms with Crippen LogP contribution < -0.4 is 20.3 Å². The van der Waals surface area contributed by atoms with Crippen LogP contribution in [0.2, 0.25) is 4.34 Å². The van der Waals surface area contributed by atoms with Gasteiger partial charge in [-0.3, -0.25) is 19.3 Å². The van der Waals surface area contributed by atoms with Crippen LogP contribution in [0, 0.1) is 0 Å². The lowest BCUT2D eigenvalue weighted by Gasteiger charge is -2.30. The molecular weight excluding hydrogens is 556 g/mol. The molecule has 1 aliphatic rings. The molecule has 2 heterocycles. The number of hydrogen-bond acceptors (Lipinski definition) is 7. The Bertz CT molecular complexity index is 1140. The Morgan fingerprint density at radius 2 is 2.00 bits per heavy atom. The molecule has 1 aromatic carbocycles. The number of likely N-dealkylation sites (N-methyl/N-ethyl adjacent to an activating group) is 1. The van der Waals surface area contributed by atoms with Gasteiger partial charge in [0.1, 0.15) is 12.6 Å². The summed E-state index contributed by atoms with van der Waals surface area (Å²) in [5, 5.41) is 4.96. The molecule has 1 fully saturated rings. The van der Waals surface area contributed by atoms with E-state index in [0.717, 1.165) is 16.2 Å². The number of carbonyl (C=O) groups excluding carboxylic acids is 3. The molecule has 208 valence electrons. The minimum absolute atomic E-state index is 0.0294. The van der Waals surface area contributed by atoms with Crippen LogP contribution in [0.5, 0.6) is 5.75 Å². The third kappa shape index (κ3) is 8.03. The summed E-state index contributed by atoms with van der Waals surface area (Å²) in [4.78, 5) is 40.6. The molecule has 15 heteroatoms. The zero-order valence-electron chi connectivity index (χ0n) is 20.1. The molecule has 0 bridgehead atoms.